The number of imidazole rings is 1. The third kappa shape index (κ3) is 10.4. The molecule has 10 aromatic rings. The van der Waals surface area contributed by atoms with Gasteiger partial charge in [-0.15, -0.1) is 29.7 Å². The summed E-state index contributed by atoms with van der Waals surface area (Å²) in [6, 6.07) is 69.0. The molecule has 0 saturated heterocycles. The Morgan fingerprint density at radius 1 is 0.442 bits per heavy atom. The zero-order valence-electron chi connectivity index (χ0n) is 47.8. The number of ether oxygens (including phenoxy) is 1. The third-order valence-corrected chi connectivity index (χ3v) is 15.9. The quantitative estimate of drug-likeness (QED) is 0.0956. The van der Waals surface area contributed by atoms with Gasteiger partial charge < -0.3 is 13.9 Å². The van der Waals surface area contributed by atoms with Gasteiger partial charge in [-0.05, 0) is 91.0 Å². The molecule has 6 heteroatoms. The van der Waals surface area contributed by atoms with Gasteiger partial charge in [0.05, 0.1) is 17.1 Å². The van der Waals surface area contributed by atoms with E-state index >= 15 is 0 Å². The van der Waals surface area contributed by atoms with Crippen LogP contribution >= 0.6 is 0 Å². The molecule has 5 nitrogen and oxygen atoms in total. The van der Waals surface area contributed by atoms with Crippen LogP contribution in [0.5, 0.6) is 11.5 Å². The van der Waals surface area contributed by atoms with Crippen molar-refractivity contribution < 1.29 is 30.4 Å². The van der Waals surface area contributed by atoms with Crippen molar-refractivity contribution >= 4 is 21.8 Å². The van der Waals surface area contributed by atoms with Crippen molar-refractivity contribution in [3.63, 3.8) is 0 Å². The molecule has 7 aromatic carbocycles. The summed E-state index contributed by atoms with van der Waals surface area (Å²) in [5.74, 6) is 2.02. The van der Waals surface area contributed by atoms with Crippen LogP contribution in [0.15, 0.2) is 176 Å². The topological polar surface area (TPSA) is 35.9 Å². The van der Waals surface area contributed by atoms with Crippen molar-refractivity contribution in [2.45, 2.75) is 136 Å². The Balaban J connectivity index is 0.00000722. The van der Waals surface area contributed by atoms with Crippen molar-refractivity contribution in [1.82, 2.24) is 14.1 Å². The van der Waals surface area contributed by atoms with Gasteiger partial charge in [0.15, 0.2) is 0 Å². The van der Waals surface area contributed by atoms with E-state index in [1.54, 1.807) is 0 Å². The predicted octanol–water partition coefficient (Wildman–Crippen LogP) is 17.3. The molecule has 0 N–H and O–H groups in total. The summed E-state index contributed by atoms with van der Waals surface area (Å²) >= 11 is 0. The first-order valence-corrected chi connectivity index (χ1v) is 27.0. The maximum absolute atomic E-state index is 7.13. The number of rotatable bonds is 11. The molecule has 0 fully saturated rings. The van der Waals surface area contributed by atoms with Crippen LogP contribution in [0.2, 0.25) is 0 Å². The van der Waals surface area contributed by atoms with Crippen molar-refractivity contribution in [2.24, 2.45) is 0 Å². The van der Waals surface area contributed by atoms with Crippen LogP contribution in [0.25, 0.3) is 39.0 Å². The molecular formula is C71H74N4OPt-2. The number of hydrogen-bond donors (Lipinski definition) is 0. The Bertz CT molecular complexity index is 3750. The minimum absolute atomic E-state index is 0. The second-order valence-corrected chi connectivity index (χ2v) is 25.5. The summed E-state index contributed by atoms with van der Waals surface area (Å²) in [4.78, 5) is 5.03. The average Bonchev–Trinajstić information content (AvgIpc) is 4.09. The number of fused-ring (bicyclic) bond motifs is 3. The predicted molar refractivity (Wildman–Crippen MR) is 314 cm³/mol. The second-order valence-electron chi connectivity index (χ2n) is 25.5. The summed E-state index contributed by atoms with van der Waals surface area (Å²) in [5.41, 5.74) is 13.0. The summed E-state index contributed by atoms with van der Waals surface area (Å²) in [7, 11) is 0. The van der Waals surface area contributed by atoms with E-state index < -0.39 is 10.8 Å². The Morgan fingerprint density at radius 3 is 1.60 bits per heavy atom. The van der Waals surface area contributed by atoms with Crippen LogP contribution < -0.4 is 9.30 Å². The zero-order chi connectivity index (χ0) is 54.2. The monoisotopic (exact) mass is 1190 g/mol. The van der Waals surface area contributed by atoms with E-state index in [0.29, 0.717) is 11.5 Å². The van der Waals surface area contributed by atoms with Gasteiger partial charge in [0.1, 0.15) is 5.82 Å². The molecule has 0 aliphatic carbocycles. The van der Waals surface area contributed by atoms with Crippen LogP contribution in [0, 0.1) is 18.5 Å². The average molecular weight is 1190 g/mol. The van der Waals surface area contributed by atoms with Crippen LogP contribution in [0.3, 0.4) is 0 Å². The van der Waals surface area contributed by atoms with E-state index in [9.17, 15) is 0 Å². The molecule has 0 bridgehead atoms. The minimum Gasteiger partial charge on any atom is -0.510 e. The van der Waals surface area contributed by atoms with E-state index in [1.807, 2.05) is 6.20 Å². The Labute approximate surface area is 473 Å². The first-order valence-electron chi connectivity index (χ1n) is 27.0. The fourth-order valence-corrected chi connectivity index (χ4v) is 10.9. The molecule has 0 radical (unpaired) electrons. The van der Waals surface area contributed by atoms with Gasteiger partial charge in [0.25, 0.3) is 6.33 Å². The normalized spacial score (nSPS) is 12.8. The first kappa shape index (κ1) is 55.0. The van der Waals surface area contributed by atoms with Crippen molar-refractivity contribution in [3.8, 4) is 28.7 Å². The molecule has 3 aromatic heterocycles. The zero-order valence-corrected chi connectivity index (χ0v) is 50.0. The largest absolute Gasteiger partial charge is 0.510 e. The molecule has 0 unspecified atom stereocenters. The standard InChI is InChI=1S/C71H74N4O.Pt/c1-66(2,3)51-32-25-33-55(40-51)73-47-74(65(71(14,15)50-30-23-18-24-31-50)64(73)70(12,13)49-28-21-17-22-29-49)56-41-54(68(7,8)9)42-58(45-56)76-57-35-36-59-60-43-53(69(10,11)48-26-19-16-20-27-48)34-37-61(60)75(62(59)46-57)63-44-52(38-39-72-63)67(4,5)6;/h16-44H,1-15H3;/q-2;. The molecule has 10 rings (SSSR count). The smallest absolute Gasteiger partial charge is 0.267 e. The third-order valence-electron chi connectivity index (χ3n) is 15.9. The SMILES string of the molecule is CC(C)(C)c1cc(Oc2[c-]c3c(cc2)c2cc(C(C)(C)c4ccccc4)ccc2n3-c2cc(C(C)(C)C)ccn2)[c-]c(-n2[c-][n+](-c3cccc(C(C)(C)C)c3)c(C(C)(C)c3ccccc3)c2C(C)(C)c2ccccc2)c1.[Pt]. The Morgan fingerprint density at radius 2 is 1.00 bits per heavy atom. The van der Waals surface area contributed by atoms with Gasteiger partial charge in [-0.3, -0.25) is 4.57 Å². The van der Waals surface area contributed by atoms with Crippen LogP contribution in [-0.2, 0) is 53.6 Å². The van der Waals surface area contributed by atoms with Crippen LogP contribution in [-0.4, -0.2) is 14.1 Å². The first-order chi connectivity index (χ1) is 35.8. The van der Waals surface area contributed by atoms with Crippen LogP contribution in [0.1, 0.15) is 154 Å². The summed E-state index contributed by atoms with van der Waals surface area (Å²) in [6.45, 7) is 34.3. The molecule has 0 atom stereocenters. The minimum atomic E-state index is -0.515. The van der Waals surface area contributed by atoms with Gasteiger partial charge in [-0.2, -0.15) is 17.7 Å². The molecular weight excluding hydrogens is 1120 g/mol. The van der Waals surface area contributed by atoms with Gasteiger partial charge in [0, 0.05) is 60.5 Å². The fraction of sp³-hybridized carbons (Fsp3) is 0.296. The molecule has 0 spiro atoms. The Kier molecular flexibility index (Phi) is 14.4. The maximum Gasteiger partial charge on any atom is 0.267 e. The number of pyridine rings is 1. The maximum atomic E-state index is 7.13. The van der Waals surface area contributed by atoms with E-state index in [-0.39, 0.29) is 42.7 Å². The molecule has 3 heterocycles. The molecule has 396 valence electrons. The van der Waals surface area contributed by atoms with Gasteiger partial charge in [0.2, 0.25) is 0 Å². The van der Waals surface area contributed by atoms with E-state index in [4.69, 9.17) is 9.72 Å². The van der Waals surface area contributed by atoms with Crippen molar-refractivity contribution in [1.29, 1.82) is 0 Å². The molecule has 0 amide bonds. The number of nitrogens with zero attached hydrogens (tertiary/aromatic N) is 4. The molecule has 0 aliphatic rings. The summed E-state index contributed by atoms with van der Waals surface area (Å²) < 4.78 is 14.0. The van der Waals surface area contributed by atoms with Gasteiger partial charge >= 0.3 is 0 Å². The fourth-order valence-electron chi connectivity index (χ4n) is 10.9. The molecule has 0 saturated carbocycles. The van der Waals surface area contributed by atoms with E-state index in [0.717, 1.165) is 55.9 Å². The Hall–Kier alpha value is -6.81. The van der Waals surface area contributed by atoms with Crippen LogP contribution in [0.4, 0.5) is 0 Å². The molecule has 77 heavy (non-hydrogen) atoms. The summed E-state index contributed by atoms with van der Waals surface area (Å²) in [5, 5.41) is 2.21. The number of benzene rings is 7. The number of aromatic nitrogens is 4. The van der Waals surface area contributed by atoms with Gasteiger partial charge in [-0.1, -0.05) is 225 Å². The molecule has 0 aliphatic heterocycles. The van der Waals surface area contributed by atoms with Crippen molar-refractivity contribution in [3.05, 3.63) is 245 Å². The van der Waals surface area contributed by atoms with E-state index in [1.165, 1.54) is 33.4 Å². The summed E-state index contributed by atoms with van der Waals surface area (Å²) in [6.07, 6.45) is 5.95. The van der Waals surface area contributed by atoms with E-state index in [2.05, 4.69) is 306 Å². The van der Waals surface area contributed by atoms with Crippen molar-refractivity contribution in [2.75, 3.05) is 0 Å². The van der Waals surface area contributed by atoms with Gasteiger partial charge in [-0.25, -0.2) is 4.98 Å². The number of hydrogen-bond acceptors (Lipinski definition) is 2. The second kappa shape index (κ2) is 20.2.